The molecule has 0 amide bonds. The topological polar surface area (TPSA) is 63.2 Å². The van der Waals surface area contributed by atoms with Gasteiger partial charge < -0.3 is 23.7 Å². The number of unbranched alkanes of at least 4 members (excludes halogenated alkanes) is 2. The predicted molar refractivity (Wildman–Crippen MR) is 153 cm³/mol. The molecule has 3 rings (SSSR count). The molecule has 0 aliphatic heterocycles. The van der Waals surface area contributed by atoms with Crippen molar-refractivity contribution in [3.8, 4) is 0 Å². The standard InChI is InChI=1S/C33H42O6/c1-2-3-7-20-32(34)38-27-25-36-23-21-35-22-24-37-26-28-39-33(29-14-8-4-9-15-29,30-16-10-5-11-17-30)31-18-12-6-13-19-31/h4-6,8-19H,2-3,7,20-28H2,1H3. The fourth-order valence-corrected chi connectivity index (χ4v) is 4.37. The van der Waals surface area contributed by atoms with Crippen molar-refractivity contribution in [1.82, 2.24) is 0 Å². The number of ether oxygens (including phenoxy) is 5. The lowest BCUT2D eigenvalue weighted by Crippen LogP contribution is -2.34. The van der Waals surface area contributed by atoms with E-state index >= 15 is 0 Å². The first-order valence-electron chi connectivity index (χ1n) is 14.0. The molecule has 0 radical (unpaired) electrons. The minimum Gasteiger partial charge on any atom is -0.463 e. The first-order valence-corrected chi connectivity index (χ1v) is 14.0. The molecule has 6 nitrogen and oxygen atoms in total. The van der Waals surface area contributed by atoms with Crippen LogP contribution in [0.3, 0.4) is 0 Å². The van der Waals surface area contributed by atoms with Crippen molar-refractivity contribution in [3.05, 3.63) is 108 Å². The molecule has 0 aliphatic rings. The predicted octanol–water partition coefficient (Wildman–Crippen LogP) is 6.17. The summed E-state index contributed by atoms with van der Waals surface area (Å²) in [5.74, 6) is -0.155. The van der Waals surface area contributed by atoms with Gasteiger partial charge in [0.1, 0.15) is 12.2 Å². The van der Waals surface area contributed by atoms with Gasteiger partial charge in [-0.25, -0.2) is 0 Å². The molecule has 0 atom stereocenters. The molecule has 0 aromatic heterocycles. The minimum absolute atomic E-state index is 0.155. The zero-order valence-electron chi connectivity index (χ0n) is 23.1. The maximum Gasteiger partial charge on any atom is 0.305 e. The molecule has 0 fully saturated rings. The van der Waals surface area contributed by atoms with Gasteiger partial charge >= 0.3 is 5.97 Å². The Morgan fingerprint density at radius 2 is 0.974 bits per heavy atom. The summed E-state index contributed by atoms with van der Waals surface area (Å²) >= 11 is 0. The van der Waals surface area contributed by atoms with Crippen LogP contribution in [0.4, 0.5) is 0 Å². The van der Waals surface area contributed by atoms with Crippen LogP contribution in [0.2, 0.25) is 0 Å². The third-order valence-electron chi connectivity index (χ3n) is 6.31. The quantitative estimate of drug-likeness (QED) is 0.0982. The number of esters is 1. The molecule has 3 aromatic carbocycles. The Morgan fingerprint density at radius 1 is 0.564 bits per heavy atom. The van der Waals surface area contributed by atoms with E-state index in [-0.39, 0.29) is 12.6 Å². The summed E-state index contributed by atoms with van der Waals surface area (Å²) < 4.78 is 28.7. The van der Waals surface area contributed by atoms with Gasteiger partial charge in [-0.15, -0.1) is 0 Å². The molecule has 39 heavy (non-hydrogen) atoms. The highest BCUT2D eigenvalue weighted by Gasteiger charge is 2.37. The number of hydrogen-bond acceptors (Lipinski definition) is 6. The maximum absolute atomic E-state index is 11.5. The van der Waals surface area contributed by atoms with Gasteiger partial charge in [0.25, 0.3) is 0 Å². The Kier molecular flexibility index (Phi) is 14.3. The van der Waals surface area contributed by atoms with E-state index in [9.17, 15) is 4.79 Å². The van der Waals surface area contributed by atoms with Crippen LogP contribution < -0.4 is 0 Å². The first-order chi connectivity index (χ1) is 19.3. The van der Waals surface area contributed by atoms with Crippen molar-refractivity contribution < 1.29 is 28.5 Å². The van der Waals surface area contributed by atoms with Crippen molar-refractivity contribution in [2.24, 2.45) is 0 Å². The molecular formula is C33H42O6. The first kappa shape index (κ1) is 30.5. The van der Waals surface area contributed by atoms with E-state index < -0.39 is 5.60 Å². The minimum atomic E-state index is -0.745. The largest absolute Gasteiger partial charge is 0.463 e. The number of rotatable bonds is 20. The molecule has 0 unspecified atom stereocenters. The normalized spacial score (nSPS) is 11.4. The molecule has 0 saturated heterocycles. The summed E-state index contributed by atoms with van der Waals surface area (Å²) in [6.07, 6.45) is 3.50. The number of benzene rings is 3. The van der Waals surface area contributed by atoms with E-state index in [1.54, 1.807) is 0 Å². The van der Waals surface area contributed by atoms with E-state index in [1.165, 1.54) is 0 Å². The highest BCUT2D eigenvalue weighted by Crippen LogP contribution is 2.40. The summed E-state index contributed by atoms with van der Waals surface area (Å²) in [5, 5.41) is 0. The van der Waals surface area contributed by atoms with Crippen LogP contribution in [0.15, 0.2) is 91.0 Å². The monoisotopic (exact) mass is 534 g/mol. The van der Waals surface area contributed by atoms with Crippen LogP contribution in [0.25, 0.3) is 0 Å². The lowest BCUT2D eigenvalue weighted by molar-refractivity contribution is -0.145. The van der Waals surface area contributed by atoms with Crippen LogP contribution >= 0.6 is 0 Å². The van der Waals surface area contributed by atoms with Crippen molar-refractivity contribution in [1.29, 1.82) is 0 Å². The third-order valence-corrected chi connectivity index (χ3v) is 6.31. The highest BCUT2D eigenvalue weighted by molar-refractivity contribution is 5.69. The van der Waals surface area contributed by atoms with Crippen molar-refractivity contribution in [3.63, 3.8) is 0 Å². The molecular weight excluding hydrogens is 492 g/mol. The van der Waals surface area contributed by atoms with Gasteiger partial charge in [0, 0.05) is 6.42 Å². The molecule has 0 N–H and O–H groups in total. The van der Waals surface area contributed by atoms with Crippen molar-refractivity contribution in [2.75, 3.05) is 52.9 Å². The molecule has 6 heteroatoms. The van der Waals surface area contributed by atoms with E-state index in [1.807, 2.05) is 54.6 Å². The fourth-order valence-electron chi connectivity index (χ4n) is 4.37. The van der Waals surface area contributed by atoms with Gasteiger partial charge in [-0.1, -0.05) is 111 Å². The van der Waals surface area contributed by atoms with Gasteiger partial charge in [-0.2, -0.15) is 0 Å². The highest BCUT2D eigenvalue weighted by atomic mass is 16.6. The van der Waals surface area contributed by atoms with Crippen LogP contribution in [-0.4, -0.2) is 58.8 Å². The van der Waals surface area contributed by atoms with Crippen molar-refractivity contribution >= 4 is 5.97 Å². The summed E-state index contributed by atoms with van der Waals surface area (Å²) in [6, 6.07) is 30.9. The molecule has 0 heterocycles. The van der Waals surface area contributed by atoms with Crippen LogP contribution in [0.1, 0.15) is 49.3 Å². The Morgan fingerprint density at radius 3 is 1.41 bits per heavy atom. The summed E-state index contributed by atoms with van der Waals surface area (Å²) in [7, 11) is 0. The number of carbonyl (C=O) groups is 1. The Bertz CT molecular complexity index is 929. The Hall–Kier alpha value is -3.03. The van der Waals surface area contributed by atoms with Gasteiger partial charge in [-0.05, 0) is 23.1 Å². The number of hydrogen-bond donors (Lipinski definition) is 0. The van der Waals surface area contributed by atoms with Crippen molar-refractivity contribution in [2.45, 2.75) is 38.2 Å². The summed E-state index contributed by atoms with van der Waals surface area (Å²) in [5.41, 5.74) is 2.45. The molecule has 0 aliphatic carbocycles. The van der Waals surface area contributed by atoms with Crippen LogP contribution in [-0.2, 0) is 34.1 Å². The summed E-state index contributed by atoms with van der Waals surface area (Å²) in [6.45, 7) is 5.47. The van der Waals surface area contributed by atoms with Gasteiger partial charge in [0.05, 0.1) is 46.2 Å². The van der Waals surface area contributed by atoms with E-state index in [0.717, 1.165) is 36.0 Å². The van der Waals surface area contributed by atoms with E-state index in [2.05, 4.69) is 43.3 Å². The lowest BCUT2D eigenvalue weighted by atomic mass is 9.80. The second-order valence-corrected chi connectivity index (χ2v) is 9.14. The maximum atomic E-state index is 11.5. The molecule has 210 valence electrons. The second-order valence-electron chi connectivity index (χ2n) is 9.14. The SMILES string of the molecule is CCCCCC(=O)OCCOCCOCCOCCOC(c1ccccc1)(c1ccccc1)c1ccccc1. The van der Waals surface area contributed by atoms with Crippen LogP contribution in [0.5, 0.6) is 0 Å². The fraction of sp³-hybridized carbons (Fsp3) is 0.424. The molecule has 0 spiro atoms. The second kappa shape index (κ2) is 18.3. The average molecular weight is 535 g/mol. The van der Waals surface area contributed by atoms with Gasteiger partial charge in [0.2, 0.25) is 0 Å². The summed E-state index contributed by atoms with van der Waals surface area (Å²) in [4.78, 5) is 11.5. The number of carbonyl (C=O) groups excluding carboxylic acids is 1. The van der Waals surface area contributed by atoms with Gasteiger partial charge in [0.15, 0.2) is 0 Å². The third kappa shape index (κ3) is 10.2. The molecule has 3 aromatic rings. The smallest absolute Gasteiger partial charge is 0.305 e. The zero-order valence-corrected chi connectivity index (χ0v) is 23.1. The Labute approximate surface area is 233 Å². The van der Waals surface area contributed by atoms with Gasteiger partial charge in [-0.3, -0.25) is 4.79 Å². The molecule has 0 bridgehead atoms. The Balaban J connectivity index is 1.37. The lowest BCUT2D eigenvalue weighted by Gasteiger charge is -2.36. The average Bonchev–Trinajstić information content (AvgIpc) is 2.99. The van der Waals surface area contributed by atoms with E-state index in [0.29, 0.717) is 52.7 Å². The van der Waals surface area contributed by atoms with E-state index in [4.69, 9.17) is 23.7 Å². The molecule has 0 saturated carbocycles. The van der Waals surface area contributed by atoms with Crippen LogP contribution in [0, 0.1) is 0 Å². The zero-order chi connectivity index (χ0) is 27.4.